The van der Waals surface area contributed by atoms with E-state index >= 15 is 0 Å². The van der Waals surface area contributed by atoms with Crippen LogP contribution in [0.4, 0.5) is 15.8 Å². The van der Waals surface area contributed by atoms with E-state index in [0.717, 1.165) is 17.2 Å². The van der Waals surface area contributed by atoms with E-state index in [0.29, 0.717) is 13.1 Å². The van der Waals surface area contributed by atoms with Crippen molar-refractivity contribution in [3.05, 3.63) is 72.1 Å². The molecule has 0 bridgehead atoms. The van der Waals surface area contributed by atoms with E-state index in [2.05, 4.69) is 15.2 Å². The molecule has 1 amide bonds. The summed E-state index contributed by atoms with van der Waals surface area (Å²) in [4.78, 5) is 20.9. The van der Waals surface area contributed by atoms with Crippen LogP contribution < -0.4 is 9.80 Å². The topological polar surface area (TPSA) is 65.1 Å². The third-order valence-corrected chi connectivity index (χ3v) is 4.33. The highest BCUT2D eigenvalue weighted by Crippen LogP contribution is 2.25. The molecule has 0 aliphatic carbocycles. The highest BCUT2D eigenvalue weighted by atomic mass is 19.1. The van der Waals surface area contributed by atoms with Gasteiger partial charge in [-0.05, 0) is 36.2 Å². The zero-order chi connectivity index (χ0) is 20.1. The zero-order valence-electron chi connectivity index (χ0n) is 16.3. The molecule has 146 valence electrons. The Morgan fingerprint density at radius 2 is 1.89 bits per heavy atom. The summed E-state index contributed by atoms with van der Waals surface area (Å²) in [6, 6.07) is 13.7. The maximum Gasteiger partial charge on any atom is 0.261 e. The minimum atomic E-state index is -0.514. The fraction of sp³-hybridized carbons (Fsp3) is 0.286. The number of amides is 1. The highest BCUT2D eigenvalue weighted by Gasteiger charge is 2.22. The predicted octanol–water partition coefficient (Wildman–Crippen LogP) is 3.88. The van der Waals surface area contributed by atoms with Gasteiger partial charge in [-0.3, -0.25) is 9.89 Å². The maximum atomic E-state index is 14.2. The summed E-state index contributed by atoms with van der Waals surface area (Å²) in [6.07, 6.45) is 1.47. The second kappa shape index (κ2) is 8.65. The van der Waals surface area contributed by atoms with Crippen LogP contribution in [0.3, 0.4) is 0 Å². The molecule has 2 aromatic carbocycles. The van der Waals surface area contributed by atoms with Gasteiger partial charge in [0.15, 0.2) is 0 Å². The number of aromatic amines is 1. The first-order valence-corrected chi connectivity index (χ1v) is 9.17. The second-order valence-corrected chi connectivity index (χ2v) is 7.10. The number of nitrogens with zero attached hydrogens (tertiary/aromatic N) is 4. The van der Waals surface area contributed by atoms with Crippen molar-refractivity contribution in [2.75, 3.05) is 23.4 Å². The number of rotatable bonds is 7. The zero-order valence-corrected chi connectivity index (χ0v) is 16.3. The molecule has 0 saturated carbocycles. The Bertz CT molecular complexity index is 926. The Morgan fingerprint density at radius 1 is 1.14 bits per heavy atom. The number of benzene rings is 2. The van der Waals surface area contributed by atoms with Crippen LogP contribution in [0, 0.1) is 11.7 Å². The van der Waals surface area contributed by atoms with Crippen LogP contribution >= 0.6 is 0 Å². The summed E-state index contributed by atoms with van der Waals surface area (Å²) in [5.74, 6) is 0.113. The van der Waals surface area contributed by atoms with Gasteiger partial charge in [0.1, 0.15) is 18.0 Å². The van der Waals surface area contributed by atoms with Crippen LogP contribution in [0.5, 0.6) is 0 Å². The Morgan fingerprint density at radius 3 is 2.57 bits per heavy atom. The third kappa shape index (κ3) is 4.54. The van der Waals surface area contributed by atoms with Gasteiger partial charge in [-0.15, -0.1) is 0 Å². The van der Waals surface area contributed by atoms with Gasteiger partial charge in [-0.1, -0.05) is 32.0 Å². The van der Waals surface area contributed by atoms with Crippen molar-refractivity contribution in [2.24, 2.45) is 5.92 Å². The van der Waals surface area contributed by atoms with Crippen molar-refractivity contribution in [2.45, 2.75) is 20.4 Å². The monoisotopic (exact) mass is 381 g/mol. The van der Waals surface area contributed by atoms with Crippen molar-refractivity contribution in [3.63, 3.8) is 0 Å². The van der Waals surface area contributed by atoms with Crippen molar-refractivity contribution < 1.29 is 9.18 Å². The fourth-order valence-electron chi connectivity index (χ4n) is 2.97. The van der Waals surface area contributed by atoms with Gasteiger partial charge in [-0.2, -0.15) is 5.10 Å². The Kier molecular flexibility index (Phi) is 6.03. The highest BCUT2D eigenvalue weighted by molar-refractivity contribution is 6.06. The normalized spacial score (nSPS) is 10.9. The molecule has 28 heavy (non-hydrogen) atoms. The van der Waals surface area contributed by atoms with Crippen LogP contribution in [0.25, 0.3) is 0 Å². The minimum absolute atomic E-state index is 0.0727. The number of hydrogen-bond donors (Lipinski definition) is 1. The van der Waals surface area contributed by atoms with E-state index in [-0.39, 0.29) is 17.4 Å². The molecular formula is C21H24FN5O. The van der Waals surface area contributed by atoms with Crippen molar-refractivity contribution in [3.8, 4) is 0 Å². The first kappa shape index (κ1) is 19.5. The maximum absolute atomic E-state index is 14.2. The first-order valence-electron chi connectivity index (χ1n) is 9.17. The van der Waals surface area contributed by atoms with Gasteiger partial charge in [-0.25, -0.2) is 9.37 Å². The van der Waals surface area contributed by atoms with Crippen LogP contribution in [0.2, 0.25) is 0 Å². The molecule has 0 fully saturated rings. The SMILES string of the molecule is CC(C)CN(C(=O)c1ccccc1F)c1cccc(N(C)Cc2ncn[nH]2)c1. The molecule has 0 atom stereocenters. The Hall–Kier alpha value is -3.22. The third-order valence-electron chi connectivity index (χ3n) is 4.33. The van der Waals surface area contributed by atoms with Gasteiger partial charge < -0.3 is 9.80 Å². The summed E-state index contributed by atoms with van der Waals surface area (Å²) in [5.41, 5.74) is 1.72. The molecule has 0 unspecified atom stereocenters. The van der Waals surface area contributed by atoms with Gasteiger partial charge in [0.05, 0.1) is 12.1 Å². The predicted molar refractivity (Wildman–Crippen MR) is 108 cm³/mol. The molecular weight excluding hydrogens is 357 g/mol. The number of carbonyl (C=O) groups is 1. The number of nitrogens with one attached hydrogen (secondary N) is 1. The molecule has 0 radical (unpaired) electrons. The molecule has 6 nitrogen and oxygen atoms in total. The summed E-state index contributed by atoms with van der Waals surface area (Å²) < 4.78 is 14.2. The molecule has 1 N–H and O–H groups in total. The molecule has 0 aliphatic rings. The molecule has 1 heterocycles. The number of hydrogen-bond acceptors (Lipinski definition) is 4. The molecule has 0 spiro atoms. The van der Waals surface area contributed by atoms with E-state index in [9.17, 15) is 9.18 Å². The number of H-pyrrole nitrogens is 1. The number of carbonyl (C=O) groups excluding carboxylic acids is 1. The average Bonchev–Trinajstić information content (AvgIpc) is 3.19. The average molecular weight is 381 g/mol. The van der Waals surface area contributed by atoms with E-state index in [1.807, 2.05) is 50.1 Å². The number of halogens is 1. The summed E-state index contributed by atoms with van der Waals surface area (Å²) in [5, 5.41) is 6.70. The molecule has 3 aromatic rings. The quantitative estimate of drug-likeness (QED) is 0.674. The van der Waals surface area contributed by atoms with Gasteiger partial charge in [0.2, 0.25) is 0 Å². The summed E-state index contributed by atoms with van der Waals surface area (Å²) >= 11 is 0. The second-order valence-electron chi connectivity index (χ2n) is 7.10. The van der Waals surface area contributed by atoms with Gasteiger partial charge in [0.25, 0.3) is 5.91 Å². The van der Waals surface area contributed by atoms with Crippen molar-refractivity contribution >= 4 is 17.3 Å². The fourth-order valence-corrected chi connectivity index (χ4v) is 2.97. The standard InChI is InChI=1S/C21H24FN5O/c1-15(2)12-27(21(28)18-9-4-5-10-19(18)22)17-8-6-7-16(11-17)26(3)13-20-23-14-24-25-20/h4-11,14-15H,12-13H2,1-3H3,(H,23,24,25). The molecule has 0 aliphatic heterocycles. The summed E-state index contributed by atoms with van der Waals surface area (Å²) in [7, 11) is 1.94. The lowest BCUT2D eigenvalue weighted by molar-refractivity contribution is 0.0980. The first-order chi connectivity index (χ1) is 13.5. The van der Waals surface area contributed by atoms with E-state index < -0.39 is 5.82 Å². The summed E-state index contributed by atoms with van der Waals surface area (Å²) in [6.45, 7) is 5.10. The number of anilines is 2. The smallest absolute Gasteiger partial charge is 0.261 e. The van der Waals surface area contributed by atoms with Crippen molar-refractivity contribution in [1.29, 1.82) is 0 Å². The van der Waals surface area contributed by atoms with Crippen LogP contribution in [0.1, 0.15) is 30.0 Å². The number of aromatic nitrogens is 3. The van der Waals surface area contributed by atoms with Crippen LogP contribution in [0.15, 0.2) is 54.9 Å². The van der Waals surface area contributed by atoms with Crippen LogP contribution in [-0.4, -0.2) is 34.7 Å². The molecule has 0 saturated heterocycles. The lowest BCUT2D eigenvalue weighted by atomic mass is 10.1. The minimum Gasteiger partial charge on any atom is -0.367 e. The van der Waals surface area contributed by atoms with E-state index in [4.69, 9.17) is 0 Å². The molecule has 3 rings (SSSR count). The Balaban J connectivity index is 1.90. The van der Waals surface area contributed by atoms with Crippen molar-refractivity contribution in [1.82, 2.24) is 15.2 Å². The lowest BCUT2D eigenvalue weighted by Gasteiger charge is -2.27. The largest absolute Gasteiger partial charge is 0.367 e. The van der Waals surface area contributed by atoms with Gasteiger partial charge in [0, 0.05) is 25.0 Å². The molecule has 7 heteroatoms. The van der Waals surface area contributed by atoms with Gasteiger partial charge >= 0.3 is 0 Å². The Labute approximate surface area is 164 Å². The molecule has 1 aromatic heterocycles. The van der Waals surface area contributed by atoms with Crippen LogP contribution in [-0.2, 0) is 6.54 Å². The van der Waals surface area contributed by atoms with E-state index in [1.165, 1.54) is 18.5 Å². The lowest BCUT2D eigenvalue weighted by Crippen LogP contribution is -2.35. The van der Waals surface area contributed by atoms with E-state index in [1.54, 1.807) is 17.0 Å².